The zero-order valence-electron chi connectivity index (χ0n) is 22.1. The molecule has 0 fully saturated rings. The number of carbonyl (C=O) groups excluding carboxylic acids is 2. The number of rotatable bonds is 11. The van der Waals surface area contributed by atoms with Crippen LogP contribution in [0.15, 0.2) is 65.6 Å². The first-order chi connectivity index (χ1) is 18.9. The van der Waals surface area contributed by atoms with Gasteiger partial charge in [-0.15, -0.1) is 0 Å². The minimum Gasteiger partial charge on any atom is -0.355 e. The second-order valence-corrected chi connectivity index (χ2v) is 12.5. The monoisotopic (exact) mass is 643 g/mol. The first-order valence-electron chi connectivity index (χ1n) is 12.4. The number of carbonyl (C=O) groups is 2. The molecule has 214 valence electrons. The minimum atomic E-state index is -4.29. The lowest BCUT2D eigenvalue weighted by atomic mass is 10.1. The summed E-state index contributed by atoms with van der Waals surface area (Å²) in [6.07, 6.45) is 0.269. The molecular weight excluding hydrogens is 616 g/mol. The molecule has 40 heavy (non-hydrogen) atoms. The predicted molar refractivity (Wildman–Crippen MR) is 162 cm³/mol. The Balaban J connectivity index is 2.12. The quantitative estimate of drug-likeness (QED) is 0.250. The van der Waals surface area contributed by atoms with Crippen LogP contribution in [0.1, 0.15) is 31.4 Å². The summed E-state index contributed by atoms with van der Waals surface area (Å²) >= 11 is 25.1. The molecule has 12 heteroatoms. The summed E-state index contributed by atoms with van der Waals surface area (Å²) in [6.45, 7) is 4.99. The molecule has 0 radical (unpaired) electrons. The van der Waals surface area contributed by atoms with Gasteiger partial charge in [-0.1, -0.05) is 77.1 Å². The smallest absolute Gasteiger partial charge is 0.264 e. The second-order valence-electron chi connectivity index (χ2n) is 9.00. The fraction of sp³-hybridized carbons (Fsp3) is 0.286. The Morgan fingerprint density at radius 2 is 1.50 bits per heavy atom. The van der Waals surface area contributed by atoms with Crippen molar-refractivity contribution in [3.63, 3.8) is 0 Å². The van der Waals surface area contributed by atoms with Gasteiger partial charge in [0.1, 0.15) is 12.6 Å². The number of likely N-dealkylation sites (N-methyl/N-ethyl adjacent to an activating group) is 1. The van der Waals surface area contributed by atoms with Gasteiger partial charge in [-0.3, -0.25) is 13.9 Å². The molecule has 7 nitrogen and oxygen atoms in total. The predicted octanol–water partition coefficient (Wildman–Crippen LogP) is 6.75. The SMILES string of the molecule is CCNC(=O)[C@@H](CC)N(Cc1ccc(Cl)cc1Cl)C(=O)CN(c1cc(Cl)ccc1Cl)S(=O)(=O)c1ccc(C)cc1. The van der Waals surface area contributed by atoms with Gasteiger partial charge >= 0.3 is 0 Å². The van der Waals surface area contributed by atoms with Gasteiger partial charge in [0.15, 0.2) is 0 Å². The number of benzene rings is 3. The van der Waals surface area contributed by atoms with Crippen LogP contribution in [0.3, 0.4) is 0 Å². The first kappa shape index (κ1) is 32.0. The van der Waals surface area contributed by atoms with Gasteiger partial charge in [0, 0.05) is 28.2 Å². The van der Waals surface area contributed by atoms with Gasteiger partial charge in [0.05, 0.1) is 15.6 Å². The third-order valence-electron chi connectivity index (χ3n) is 6.16. The Bertz CT molecular complexity index is 1480. The summed E-state index contributed by atoms with van der Waals surface area (Å²) in [4.78, 5) is 28.3. The molecule has 0 saturated carbocycles. The number of halogens is 4. The van der Waals surface area contributed by atoms with Crippen molar-refractivity contribution in [2.24, 2.45) is 0 Å². The van der Waals surface area contributed by atoms with Gasteiger partial charge in [0.25, 0.3) is 10.0 Å². The minimum absolute atomic E-state index is 0.0265. The van der Waals surface area contributed by atoms with Crippen molar-refractivity contribution in [1.82, 2.24) is 10.2 Å². The van der Waals surface area contributed by atoms with Crippen molar-refractivity contribution < 1.29 is 18.0 Å². The van der Waals surface area contributed by atoms with E-state index in [4.69, 9.17) is 46.4 Å². The standard InChI is InChI=1S/C28H29Cl4N3O4S/c1-4-25(28(37)33-5-2)34(16-19-8-9-20(29)14-24(19)32)27(36)17-35(26-15-21(30)10-13-23(26)31)40(38,39)22-11-6-18(3)7-12-22/h6-15,25H,4-5,16-17H2,1-3H3,(H,33,37)/t25-/m1/s1. The van der Waals surface area contributed by atoms with Crippen LogP contribution in [0.5, 0.6) is 0 Å². The Hall–Kier alpha value is -2.49. The van der Waals surface area contributed by atoms with Gasteiger partial charge in [-0.2, -0.15) is 0 Å². The molecule has 0 aliphatic carbocycles. The van der Waals surface area contributed by atoms with E-state index in [0.29, 0.717) is 22.2 Å². The summed E-state index contributed by atoms with van der Waals surface area (Å²) in [5, 5.41) is 3.77. The van der Waals surface area contributed by atoms with Crippen molar-refractivity contribution in [1.29, 1.82) is 0 Å². The third-order valence-corrected chi connectivity index (χ3v) is 9.07. The number of anilines is 1. The van der Waals surface area contributed by atoms with Gasteiger partial charge in [0.2, 0.25) is 11.8 Å². The molecule has 3 aromatic carbocycles. The van der Waals surface area contributed by atoms with E-state index in [9.17, 15) is 18.0 Å². The van der Waals surface area contributed by atoms with E-state index >= 15 is 0 Å². The van der Waals surface area contributed by atoms with Crippen LogP contribution in [0.2, 0.25) is 20.1 Å². The highest BCUT2D eigenvalue weighted by molar-refractivity contribution is 7.92. The molecule has 0 unspecified atom stereocenters. The van der Waals surface area contributed by atoms with Gasteiger partial charge in [-0.25, -0.2) is 8.42 Å². The van der Waals surface area contributed by atoms with E-state index in [0.717, 1.165) is 9.87 Å². The van der Waals surface area contributed by atoms with E-state index < -0.39 is 28.5 Å². The van der Waals surface area contributed by atoms with Crippen LogP contribution < -0.4 is 9.62 Å². The molecule has 3 rings (SSSR count). The highest BCUT2D eigenvalue weighted by Crippen LogP contribution is 2.33. The molecule has 2 amide bonds. The normalized spacial score (nSPS) is 12.1. The van der Waals surface area contributed by atoms with Crippen LogP contribution in [0.25, 0.3) is 0 Å². The molecule has 0 saturated heterocycles. The van der Waals surface area contributed by atoms with Crippen molar-refractivity contribution in [2.75, 3.05) is 17.4 Å². The van der Waals surface area contributed by atoms with Crippen LogP contribution in [0, 0.1) is 6.92 Å². The average molecular weight is 645 g/mol. The lowest BCUT2D eigenvalue weighted by Crippen LogP contribution is -2.52. The van der Waals surface area contributed by atoms with Crippen LogP contribution in [-0.2, 0) is 26.2 Å². The third kappa shape index (κ3) is 7.62. The lowest BCUT2D eigenvalue weighted by Gasteiger charge is -2.33. The molecular formula is C28H29Cl4N3O4S. The highest BCUT2D eigenvalue weighted by Gasteiger charge is 2.34. The van der Waals surface area contributed by atoms with E-state index in [1.807, 2.05) is 6.92 Å². The van der Waals surface area contributed by atoms with Crippen LogP contribution in [-0.4, -0.2) is 44.3 Å². The molecule has 3 aromatic rings. The zero-order chi connectivity index (χ0) is 29.6. The van der Waals surface area contributed by atoms with Crippen LogP contribution in [0.4, 0.5) is 5.69 Å². The summed E-state index contributed by atoms with van der Waals surface area (Å²) in [6, 6.07) is 14.5. The number of aryl methyl sites for hydroxylation is 1. The van der Waals surface area contributed by atoms with Gasteiger partial charge < -0.3 is 10.2 Å². The maximum absolute atomic E-state index is 14.0. The summed E-state index contributed by atoms with van der Waals surface area (Å²) in [5.74, 6) is -1.02. The number of nitrogens with zero attached hydrogens (tertiary/aromatic N) is 2. The second kappa shape index (κ2) is 13.9. The van der Waals surface area contributed by atoms with Crippen molar-refractivity contribution in [3.8, 4) is 0 Å². The first-order valence-corrected chi connectivity index (χ1v) is 15.4. The number of sulfonamides is 1. The molecule has 0 heterocycles. The molecule has 0 aliphatic heterocycles. The van der Waals surface area contributed by atoms with Crippen LogP contribution >= 0.6 is 46.4 Å². The molecule has 0 aliphatic rings. The molecule has 1 N–H and O–H groups in total. The largest absolute Gasteiger partial charge is 0.355 e. The number of hydrogen-bond donors (Lipinski definition) is 1. The Kier molecular flexibility index (Phi) is 11.1. The Labute approximate surface area is 255 Å². The van der Waals surface area contributed by atoms with Crippen molar-refractivity contribution in [2.45, 2.75) is 44.7 Å². The topological polar surface area (TPSA) is 86.8 Å². The summed E-state index contributed by atoms with van der Waals surface area (Å²) in [7, 11) is -4.29. The maximum atomic E-state index is 14.0. The Morgan fingerprint density at radius 1 is 0.875 bits per heavy atom. The maximum Gasteiger partial charge on any atom is 0.264 e. The van der Waals surface area contributed by atoms with E-state index in [-0.39, 0.29) is 39.5 Å². The molecule has 0 aromatic heterocycles. The number of nitrogens with one attached hydrogen (secondary N) is 1. The fourth-order valence-corrected chi connectivity index (χ4v) is 6.40. The number of amides is 2. The number of hydrogen-bond acceptors (Lipinski definition) is 4. The Morgan fingerprint density at radius 3 is 2.10 bits per heavy atom. The van der Waals surface area contributed by atoms with Gasteiger partial charge in [-0.05, 0) is 68.3 Å². The lowest BCUT2D eigenvalue weighted by molar-refractivity contribution is -0.140. The fourth-order valence-electron chi connectivity index (χ4n) is 4.07. The van der Waals surface area contributed by atoms with Crippen molar-refractivity contribution >= 4 is 73.9 Å². The molecule has 0 spiro atoms. The highest BCUT2D eigenvalue weighted by atomic mass is 35.5. The van der Waals surface area contributed by atoms with Crippen molar-refractivity contribution in [3.05, 3.63) is 91.9 Å². The molecule has 0 bridgehead atoms. The average Bonchev–Trinajstić information content (AvgIpc) is 2.90. The van der Waals surface area contributed by atoms with E-state index in [1.165, 1.54) is 41.3 Å². The summed E-state index contributed by atoms with van der Waals surface area (Å²) in [5.41, 5.74) is 1.43. The van der Waals surface area contributed by atoms with E-state index in [2.05, 4.69) is 5.32 Å². The summed E-state index contributed by atoms with van der Waals surface area (Å²) < 4.78 is 28.8. The van der Waals surface area contributed by atoms with E-state index in [1.54, 1.807) is 38.1 Å². The molecule has 1 atom stereocenters. The zero-order valence-corrected chi connectivity index (χ0v) is 26.0.